The quantitative estimate of drug-likeness (QED) is 0.408. The molecule has 0 aliphatic carbocycles. The van der Waals surface area contributed by atoms with Crippen molar-refractivity contribution in [3.8, 4) is 0 Å². The largest absolute Gasteiger partial charge is 0.384 e. The van der Waals surface area contributed by atoms with Gasteiger partial charge in [0, 0.05) is 13.7 Å². The van der Waals surface area contributed by atoms with Gasteiger partial charge in [0.1, 0.15) is 0 Å². The van der Waals surface area contributed by atoms with E-state index in [0.29, 0.717) is 0 Å². The molecule has 0 fully saturated rings. The Morgan fingerprint density at radius 3 is 2.44 bits per heavy atom. The number of unbranched alkanes of at least 4 members (excludes halogenated alkanes) is 1. The van der Waals surface area contributed by atoms with Crippen LogP contribution in [0.1, 0.15) is 26.2 Å². The number of hydrogen-bond donors (Lipinski definition) is 0. The fourth-order valence-corrected chi connectivity index (χ4v) is 0.588. The minimum Gasteiger partial charge on any atom is -0.384 e. The highest BCUT2D eigenvalue weighted by Gasteiger charge is 1.75. The summed E-state index contributed by atoms with van der Waals surface area (Å²) in [5, 5.41) is 0. The Morgan fingerprint density at radius 1 is 1.22 bits per heavy atom. The zero-order chi connectivity index (χ0) is 6.95. The molecule has 0 radical (unpaired) electrons. The number of allylic oxidation sites excluding steroid dienone is 1. The molecule has 0 amide bonds. The summed E-state index contributed by atoms with van der Waals surface area (Å²) in [5.41, 5.74) is 0. The first kappa shape index (κ1) is 8.70. The van der Waals surface area contributed by atoms with Gasteiger partial charge < -0.3 is 4.74 Å². The molecule has 0 saturated carbocycles. The Balaban J connectivity index is 2.86. The van der Waals surface area contributed by atoms with Gasteiger partial charge in [-0.3, -0.25) is 0 Å². The summed E-state index contributed by atoms with van der Waals surface area (Å²) in [6.45, 7) is 3.03. The number of ether oxygens (including phenoxy) is 1. The smallest absolute Gasteiger partial charge is 0.0496 e. The summed E-state index contributed by atoms with van der Waals surface area (Å²) in [6, 6.07) is 0. The van der Waals surface area contributed by atoms with Crippen molar-refractivity contribution < 1.29 is 4.74 Å². The van der Waals surface area contributed by atoms with Gasteiger partial charge in [0.2, 0.25) is 0 Å². The van der Waals surface area contributed by atoms with E-state index in [9.17, 15) is 0 Å². The molecular formula is C8H16O. The maximum absolute atomic E-state index is 4.87. The third-order valence-electron chi connectivity index (χ3n) is 1.11. The Bertz CT molecular complexity index is 67.0. The van der Waals surface area contributed by atoms with Crippen LogP contribution in [-0.4, -0.2) is 13.7 Å². The third-order valence-corrected chi connectivity index (χ3v) is 1.11. The summed E-state index contributed by atoms with van der Waals surface area (Å²) in [7, 11) is 1.73. The highest BCUT2D eigenvalue weighted by Crippen LogP contribution is 1.90. The Hall–Kier alpha value is -0.300. The second-order valence-corrected chi connectivity index (χ2v) is 2.04. The fraction of sp³-hybridized carbons (Fsp3) is 0.750. The van der Waals surface area contributed by atoms with Crippen molar-refractivity contribution in [1.29, 1.82) is 0 Å². The molecule has 0 spiro atoms. The van der Waals surface area contributed by atoms with Gasteiger partial charge in [-0.05, 0) is 12.8 Å². The van der Waals surface area contributed by atoms with Crippen LogP contribution in [0.25, 0.3) is 0 Å². The molecule has 0 unspecified atom stereocenters. The molecule has 0 saturated heterocycles. The van der Waals surface area contributed by atoms with Crippen molar-refractivity contribution >= 4 is 0 Å². The van der Waals surface area contributed by atoms with Crippen LogP contribution in [-0.2, 0) is 4.74 Å². The van der Waals surface area contributed by atoms with E-state index in [2.05, 4.69) is 19.1 Å². The maximum atomic E-state index is 4.87. The van der Waals surface area contributed by atoms with Gasteiger partial charge in [0.15, 0.2) is 0 Å². The topological polar surface area (TPSA) is 9.23 Å². The molecule has 0 aromatic heterocycles. The summed E-state index contributed by atoms with van der Waals surface area (Å²) in [5.74, 6) is 0. The summed E-state index contributed by atoms with van der Waals surface area (Å²) >= 11 is 0. The maximum Gasteiger partial charge on any atom is 0.0496 e. The summed E-state index contributed by atoms with van der Waals surface area (Å²) in [4.78, 5) is 0. The van der Waals surface area contributed by atoms with E-state index in [4.69, 9.17) is 4.74 Å². The third kappa shape index (κ3) is 7.70. The highest BCUT2D eigenvalue weighted by molar-refractivity contribution is 4.80. The number of rotatable bonds is 5. The second kappa shape index (κ2) is 7.70. The molecule has 1 heteroatoms. The van der Waals surface area contributed by atoms with E-state index < -0.39 is 0 Å². The lowest BCUT2D eigenvalue weighted by Gasteiger charge is -1.89. The van der Waals surface area contributed by atoms with Gasteiger partial charge in [0.25, 0.3) is 0 Å². The SMILES string of the molecule is CCC/C=C/CCOC. The molecule has 54 valence electrons. The fourth-order valence-electron chi connectivity index (χ4n) is 0.588. The molecule has 1 nitrogen and oxygen atoms in total. The lowest BCUT2D eigenvalue weighted by Crippen LogP contribution is -1.83. The van der Waals surface area contributed by atoms with E-state index in [1.54, 1.807) is 7.11 Å². The van der Waals surface area contributed by atoms with Gasteiger partial charge in [-0.25, -0.2) is 0 Å². The van der Waals surface area contributed by atoms with Crippen molar-refractivity contribution in [2.24, 2.45) is 0 Å². The van der Waals surface area contributed by atoms with Crippen LogP contribution in [0, 0.1) is 0 Å². The van der Waals surface area contributed by atoms with Crippen LogP contribution in [0.3, 0.4) is 0 Å². The van der Waals surface area contributed by atoms with Crippen molar-refractivity contribution in [3.63, 3.8) is 0 Å². The number of hydrogen-bond acceptors (Lipinski definition) is 1. The molecule has 0 aliphatic rings. The average Bonchev–Trinajstić information content (AvgIpc) is 1.89. The van der Waals surface area contributed by atoms with Gasteiger partial charge >= 0.3 is 0 Å². The average molecular weight is 128 g/mol. The first-order valence-corrected chi connectivity index (χ1v) is 3.55. The Kier molecular flexibility index (Phi) is 7.44. The molecule has 0 aromatic carbocycles. The van der Waals surface area contributed by atoms with Gasteiger partial charge in [-0.2, -0.15) is 0 Å². The molecule has 0 rings (SSSR count). The van der Waals surface area contributed by atoms with Crippen molar-refractivity contribution in [1.82, 2.24) is 0 Å². The Labute approximate surface area is 57.7 Å². The minimum atomic E-state index is 0.847. The monoisotopic (exact) mass is 128 g/mol. The molecule has 0 N–H and O–H groups in total. The van der Waals surface area contributed by atoms with Gasteiger partial charge in [0.05, 0.1) is 0 Å². The second-order valence-electron chi connectivity index (χ2n) is 2.04. The zero-order valence-corrected chi connectivity index (χ0v) is 6.39. The number of methoxy groups -OCH3 is 1. The molecule has 0 heterocycles. The highest BCUT2D eigenvalue weighted by atomic mass is 16.5. The first-order chi connectivity index (χ1) is 4.41. The van der Waals surface area contributed by atoms with Crippen LogP contribution >= 0.6 is 0 Å². The molecule has 0 aliphatic heterocycles. The van der Waals surface area contributed by atoms with Crippen molar-refractivity contribution in [2.75, 3.05) is 13.7 Å². The summed E-state index contributed by atoms with van der Waals surface area (Å²) in [6.07, 6.45) is 7.87. The first-order valence-electron chi connectivity index (χ1n) is 3.55. The van der Waals surface area contributed by atoms with E-state index in [-0.39, 0.29) is 0 Å². The lowest BCUT2D eigenvalue weighted by atomic mass is 10.3. The van der Waals surface area contributed by atoms with Crippen LogP contribution < -0.4 is 0 Å². The van der Waals surface area contributed by atoms with Crippen molar-refractivity contribution in [2.45, 2.75) is 26.2 Å². The van der Waals surface area contributed by atoms with Gasteiger partial charge in [-0.1, -0.05) is 25.5 Å². The predicted molar refractivity (Wildman–Crippen MR) is 40.5 cm³/mol. The molecule has 0 bridgehead atoms. The molecule has 0 aromatic rings. The van der Waals surface area contributed by atoms with Crippen molar-refractivity contribution in [3.05, 3.63) is 12.2 Å². The molecule has 0 atom stereocenters. The summed E-state index contributed by atoms with van der Waals surface area (Å²) < 4.78 is 4.87. The zero-order valence-electron chi connectivity index (χ0n) is 6.39. The standard InChI is InChI=1S/C8H16O/c1-3-4-5-6-7-8-9-2/h5-6H,3-4,7-8H2,1-2H3/b6-5+. The van der Waals surface area contributed by atoms with E-state index >= 15 is 0 Å². The van der Waals surface area contributed by atoms with E-state index in [1.165, 1.54) is 12.8 Å². The normalized spacial score (nSPS) is 10.9. The van der Waals surface area contributed by atoms with Crippen LogP contribution in [0.2, 0.25) is 0 Å². The Morgan fingerprint density at radius 2 is 1.89 bits per heavy atom. The van der Waals surface area contributed by atoms with Gasteiger partial charge in [-0.15, -0.1) is 0 Å². The minimum absolute atomic E-state index is 0.847. The molecular weight excluding hydrogens is 112 g/mol. The lowest BCUT2D eigenvalue weighted by molar-refractivity contribution is 0.204. The van der Waals surface area contributed by atoms with Crippen LogP contribution in [0.15, 0.2) is 12.2 Å². The van der Waals surface area contributed by atoms with Crippen LogP contribution in [0.5, 0.6) is 0 Å². The van der Waals surface area contributed by atoms with Crippen LogP contribution in [0.4, 0.5) is 0 Å². The van der Waals surface area contributed by atoms with E-state index in [0.717, 1.165) is 13.0 Å². The predicted octanol–water partition coefficient (Wildman–Crippen LogP) is 2.38. The van der Waals surface area contributed by atoms with E-state index in [1.807, 2.05) is 0 Å². The molecule has 9 heavy (non-hydrogen) atoms.